The standard InChI is InChI=1S/C17H23F4N3O2/c1-12(16(25)22-11-17(19,20)21)24-7-5-23(6-8-24)10-13-3-4-15(26-2)14(18)9-13/h3-4,9,12H,5-8,10-11H2,1-2H3,(H,22,25)/t12-/m1/s1. The Labute approximate surface area is 149 Å². The zero-order chi connectivity index (χ0) is 19.3. The van der Waals surface area contributed by atoms with Gasteiger partial charge in [0, 0.05) is 32.7 Å². The summed E-state index contributed by atoms with van der Waals surface area (Å²) in [6.45, 7) is 3.23. The molecule has 1 atom stereocenters. The maximum Gasteiger partial charge on any atom is 0.405 e. The second-order valence-electron chi connectivity index (χ2n) is 6.29. The molecule has 2 rings (SSSR count). The van der Waals surface area contributed by atoms with Crippen LogP contribution in [0.15, 0.2) is 18.2 Å². The lowest BCUT2D eigenvalue weighted by Gasteiger charge is -2.37. The predicted molar refractivity (Wildman–Crippen MR) is 88.3 cm³/mol. The number of rotatable bonds is 6. The number of halogens is 4. The van der Waals surface area contributed by atoms with Gasteiger partial charge in [0.1, 0.15) is 6.54 Å². The fourth-order valence-corrected chi connectivity index (χ4v) is 2.88. The number of hydrogen-bond donors (Lipinski definition) is 1. The van der Waals surface area contributed by atoms with E-state index in [4.69, 9.17) is 4.74 Å². The van der Waals surface area contributed by atoms with Crippen molar-refractivity contribution in [2.24, 2.45) is 0 Å². The molecule has 1 aromatic carbocycles. The number of amides is 1. The molecule has 26 heavy (non-hydrogen) atoms. The van der Waals surface area contributed by atoms with Gasteiger partial charge in [-0.2, -0.15) is 13.2 Å². The summed E-state index contributed by atoms with van der Waals surface area (Å²) in [7, 11) is 1.41. The topological polar surface area (TPSA) is 44.8 Å². The van der Waals surface area contributed by atoms with Gasteiger partial charge >= 0.3 is 6.18 Å². The Balaban J connectivity index is 1.81. The molecule has 0 spiro atoms. The van der Waals surface area contributed by atoms with Gasteiger partial charge in [0.05, 0.1) is 13.2 Å². The van der Waals surface area contributed by atoms with E-state index in [2.05, 4.69) is 4.90 Å². The Morgan fingerprint density at radius 1 is 1.27 bits per heavy atom. The number of nitrogens with one attached hydrogen (secondary N) is 1. The van der Waals surface area contributed by atoms with Crippen LogP contribution in [0, 0.1) is 5.82 Å². The highest BCUT2D eigenvalue weighted by Crippen LogP contribution is 2.19. The van der Waals surface area contributed by atoms with Crippen LogP contribution in [0.4, 0.5) is 17.6 Å². The predicted octanol–water partition coefficient (Wildman–Crippen LogP) is 2.02. The van der Waals surface area contributed by atoms with Gasteiger partial charge in [0.25, 0.3) is 0 Å². The first-order valence-corrected chi connectivity index (χ1v) is 8.33. The molecule has 1 aliphatic rings. The third-order valence-corrected chi connectivity index (χ3v) is 4.42. The van der Waals surface area contributed by atoms with Crippen LogP contribution in [-0.4, -0.2) is 67.8 Å². The van der Waals surface area contributed by atoms with E-state index in [0.29, 0.717) is 32.7 Å². The quantitative estimate of drug-likeness (QED) is 0.771. The highest BCUT2D eigenvalue weighted by Gasteiger charge is 2.31. The average Bonchev–Trinajstić information content (AvgIpc) is 2.59. The van der Waals surface area contributed by atoms with Gasteiger partial charge < -0.3 is 10.1 Å². The monoisotopic (exact) mass is 377 g/mol. The number of carbonyl (C=O) groups is 1. The summed E-state index contributed by atoms with van der Waals surface area (Å²) in [6.07, 6.45) is -4.41. The maximum atomic E-state index is 13.7. The van der Waals surface area contributed by atoms with Crippen molar-refractivity contribution >= 4 is 5.91 Å². The molecular formula is C17H23F4N3O2. The van der Waals surface area contributed by atoms with E-state index < -0.39 is 30.5 Å². The molecule has 1 heterocycles. The molecule has 0 aromatic heterocycles. The number of alkyl halides is 3. The molecule has 1 amide bonds. The van der Waals surface area contributed by atoms with Crippen LogP contribution in [-0.2, 0) is 11.3 Å². The molecule has 1 N–H and O–H groups in total. The first kappa shape index (κ1) is 20.4. The van der Waals surface area contributed by atoms with Gasteiger partial charge in [0.15, 0.2) is 11.6 Å². The normalized spacial score (nSPS) is 17.8. The summed E-state index contributed by atoms with van der Waals surface area (Å²) in [5.41, 5.74) is 0.813. The number of benzene rings is 1. The van der Waals surface area contributed by atoms with E-state index >= 15 is 0 Å². The molecule has 0 radical (unpaired) electrons. The first-order valence-electron chi connectivity index (χ1n) is 8.33. The van der Waals surface area contributed by atoms with Crippen molar-refractivity contribution in [1.82, 2.24) is 15.1 Å². The molecule has 0 saturated carbocycles. The van der Waals surface area contributed by atoms with E-state index in [1.54, 1.807) is 19.1 Å². The molecule has 1 aromatic rings. The van der Waals surface area contributed by atoms with Crippen LogP contribution in [0.2, 0.25) is 0 Å². The molecule has 1 aliphatic heterocycles. The van der Waals surface area contributed by atoms with Crippen molar-refractivity contribution in [1.29, 1.82) is 0 Å². The smallest absolute Gasteiger partial charge is 0.405 e. The van der Waals surface area contributed by atoms with Gasteiger partial charge in [-0.25, -0.2) is 4.39 Å². The first-order chi connectivity index (χ1) is 12.2. The molecule has 9 heteroatoms. The van der Waals surface area contributed by atoms with Crippen LogP contribution in [0.3, 0.4) is 0 Å². The lowest BCUT2D eigenvalue weighted by molar-refractivity contribution is -0.141. The third kappa shape index (κ3) is 5.84. The molecule has 5 nitrogen and oxygen atoms in total. The second kappa shape index (κ2) is 8.68. The highest BCUT2D eigenvalue weighted by molar-refractivity contribution is 5.81. The van der Waals surface area contributed by atoms with Crippen LogP contribution in [0.25, 0.3) is 0 Å². The number of ether oxygens (including phenoxy) is 1. The van der Waals surface area contributed by atoms with Crippen LogP contribution < -0.4 is 10.1 Å². The number of nitrogens with zero attached hydrogens (tertiary/aromatic N) is 2. The molecule has 0 bridgehead atoms. The van der Waals surface area contributed by atoms with Crippen molar-refractivity contribution < 1.29 is 27.1 Å². The number of carbonyl (C=O) groups excluding carboxylic acids is 1. The summed E-state index contributed by atoms with van der Waals surface area (Å²) in [4.78, 5) is 15.8. The molecular weight excluding hydrogens is 354 g/mol. The Morgan fingerprint density at radius 3 is 2.46 bits per heavy atom. The minimum Gasteiger partial charge on any atom is -0.494 e. The molecule has 1 fully saturated rings. The average molecular weight is 377 g/mol. The maximum absolute atomic E-state index is 13.7. The molecule has 146 valence electrons. The van der Waals surface area contributed by atoms with Crippen LogP contribution >= 0.6 is 0 Å². The van der Waals surface area contributed by atoms with Crippen molar-refractivity contribution in [3.05, 3.63) is 29.6 Å². The van der Waals surface area contributed by atoms with Gasteiger partial charge in [-0.05, 0) is 24.6 Å². The van der Waals surface area contributed by atoms with Crippen molar-refractivity contribution in [2.45, 2.75) is 25.7 Å². The number of hydrogen-bond acceptors (Lipinski definition) is 4. The van der Waals surface area contributed by atoms with E-state index in [0.717, 1.165) is 5.56 Å². The Hall–Kier alpha value is -1.87. The fourth-order valence-electron chi connectivity index (χ4n) is 2.88. The summed E-state index contributed by atoms with van der Waals surface area (Å²) < 4.78 is 55.2. The zero-order valence-electron chi connectivity index (χ0n) is 14.8. The molecule has 0 aliphatic carbocycles. The lowest BCUT2D eigenvalue weighted by atomic mass is 10.1. The van der Waals surface area contributed by atoms with Gasteiger partial charge in [-0.1, -0.05) is 6.07 Å². The Bertz CT molecular complexity index is 617. The third-order valence-electron chi connectivity index (χ3n) is 4.42. The van der Waals surface area contributed by atoms with E-state index in [-0.39, 0.29) is 5.75 Å². The summed E-state index contributed by atoms with van der Waals surface area (Å²) in [5, 5.41) is 1.92. The molecule has 0 unspecified atom stereocenters. The largest absolute Gasteiger partial charge is 0.494 e. The molecule has 1 saturated heterocycles. The van der Waals surface area contributed by atoms with E-state index in [9.17, 15) is 22.4 Å². The second-order valence-corrected chi connectivity index (χ2v) is 6.29. The van der Waals surface area contributed by atoms with Crippen LogP contribution in [0.5, 0.6) is 5.75 Å². The van der Waals surface area contributed by atoms with E-state index in [1.807, 2.05) is 10.2 Å². The number of methoxy groups -OCH3 is 1. The van der Waals surface area contributed by atoms with Crippen molar-refractivity contribution in [3.8, 4) is 5.75 Å². The summed E-state index contributed by atoms with van der Waals surface area (Å²) in [5.74, 6) is -0.858. The van der Waals surface area contributed by atoms with E-state index in [1.165, 1.54) is 13.2 Å². The Morgan fingerprint density at radius 2 is 1.92 bits per heavy atom. The summed E-state index contributed by atoms with van der Waals surface area (Å²) >= 11 is 0. The lowest BCUT2D eigenvalue weighted by Crippen LogP contribution is -2.54. The fraction of sp³-hybridized carbons (Fsp3) is 0.588. The Kier molecular flexibility index (Phi) is 6.82. The van der Waals surface area contributed by atoms with Crippen molar-refractivity contribution in [2.75, 3.05) is 39.8 Å². The van der Waals surface area contributed by atoms with Gasteiger partial charge in [0.2, 0.25) is 5.91 Å². The van der Waals surface area contributed by atoms with Gasteiger partial charge in [-0.3, -0.25) is 14.6 Å². The zero-order valence-corrected chi connectivity index (χ0v) is 14.8. The summed E-state index contributed by atoms with van der Waals surface area (Å²) in [6, 6.07) is 4.17. The minimum atomic E-state index is -4.41. The van der Waals surface area contributed by atoms with Gasteiger partial charge in [-0.15, -0.1) is 0 Å². The minimum absolute atomic E-state index is 0.192. The van der Waals surface area contributed by atoms with Crippen molar-refractivity contribution in [3.63, 3.8) is 0 Å². The highest BCUT2D eigenvalue weighted by atomic mass is 19.4. The number of piperazine rings is 1. The SMILES string of the molecule is COc1ccc(CN2CCN([C@H](C)C(=O)NCC(F)(F)F)CC2)cc1F. The van der Waals surface area contributed by atoms with Crippen LogP contribution in [0.1, 0.15) is 12.5 Å².